The average molecular weight is 394 g/mol. The van der Waals surface area contributed by atoms with Crippen molar-refractivity contribution in [2.45, 2.75) is 43.0 Å². The third-order valence-electron chi connectivity index (χ3n) is 4.79. The molecular weight excluding hydrogens is 370 g/mol. The summed E-state index contributed by atoms with van der Waals surface area (Å²) in [5.74, 6) is 0.587. The summed E-state index contributed by atoms with van der Waals surface area (Å²) in [6, 6.07) is 18.4. The first-order chi connectivity index (χ1) is 13.4. The summed E-state index contributed by atoms with van der Waals surface area (Å²) in [5.41, 5.74) is 3.32. The molecule has 0 N–H and O–H groups in total. The van der Waals surface area contributed by atoms with E-state index in [1.165, 1.54) is 17.3 Å². The number of carbonyl (C=O) groups is 1. The van der Waals surface area contributed by atoms with Crippen LogP contribution in [0.4, 0.5) is 0 Å². The minimum absolute atomic E-state index is 0.0927. The Morgan fingerprint density at radius 2 is 1.75 bits per heavy atom. The van der Waals surface area contributed by atoms with Crippen LogP contribution in [0, 0.1) is 0 Å². The van der Waals surface area contributed by atoms with Gasteiger partial charge in [0.15, 0.2) is 11.0 Å². The molecule has 0 aliphatic carbocycles. The number of nitrogens with zero attached hydrogens (tertiary/aromatic N) is 3. The molecular formula is C22H23N3O2S. The first-order valence-corrected chi connectivity index (χ1v) is 10.3. The van der Waals surface area contributed by atoms with Crippen LogP contribution in [0.25, 0.3) is 17.1 Å². The van der Waals surface area contributed by atoms with Crippen LogP contribution >= 0.6 is 11.8 Å². The van der Waals surface area contributed by atoms with Gasteiger partial charge >= 0.3 is 5.97 Å². The summed E-state index contributed by atoms with van der Waals surface area (Å²) in [7, 11) is 0. The Balaban J connectivity index is 1.76. The SMILES string of the molecule is CC(C)(C)c1ccc(-c2nnc(S[C@@H]3CCOC3=O)n2-c2ccccc2)cc1. The van der Waals surface area contributed by atoms with Crippen LogP contribution in [0.3, 0.4) is 0 Å². The lowest BCUT2D eigenvalue weighted by Gasteiger charge is -2.19. The molecule has 0 bridgehead atoms. The highest BCUT2D eigenvalue weighted by Crippen LogP contribution is 2.34. The molecule has 0 saturated carbocycles. The van der Waals surface area contributed by atoms with E-state index in [4.69, 9.17) is 4.74 Å². The summed E-state index contributed by atoms with van der Waals surface area (Å²) < 4.78 is 7.12. The number of carbonyl (C=O) groups excluding carboxylic acids is 1. The summed E-state index contributed by atoms with van der Waals surface area (Å²) in [4.78, 5) is 11.9. The third kappa shape index (κ3) is 3.69. The number of ether oxygens (including phenoxy) is 1. The van der Waals surface area contributed by atoms with E-state index < -0.39 is 0 Å². The summed E-state index contributed by atoms with van der Waals surface area (Å²) in [6.07, 6.45) is 0.695. The predicted octanol–water partition coefficient (Wildman–Crippen LogP) is 4.64. The number of aromatic nitrogens is 3. The Labute approximate surface area is 169 Å². The van der Waals surface area contributed by atoms with Crippen LogP contribution in [0.15, 0.2) is 59.8 Å². The maximum atomic E-state index is 11.9. The van der Waals surface area contributed by atoms with Crippen LogP contribution in [0.1, 0.15) is 32.8 Å². The molecule has 3 aromatic rings. The molecule has 144 valence electrons. The molecule has 1 aliphatic heterocycles. The molecule has 4 rings (SSSR count). The van der Waals surface area contributed by atoms with Crippen molar-refractivity contribution in [3.8, 4) is 17.1 Å². The van der Waals surface area contributed by atoms with Crippen molar-refractivity contribution in [2.24, 2.45) is 0 Å². The number of para-hydroxylation sites is 1. The Bertz CT molecular complexity index is 975. The maximum Gasteiger partial charge on any atom is 0.319 e. The highest BCUT2D eigenvalue weighted by Gasteiger charge is 2.30. The second-order valence-electron chi connectivity index (χ2n) is 7.87. The van der Waals surface area contributed by atoms with E-state index in [9.17, 15) is 4.79 Å². The molecule has 1 fully saturated rings. The first-order valence-electron chi connectivity index (χ1n) is 9.38. The fraction of sp³-hybridized carbons (Fsp3) is 0.318. The lowest BCUT2D eigenvalue weighted by atomic mass is 9.87. The van der Waals surface area contributed by atoms with Gasteiger partial charge in [-0.1, -0.05) is 75.0 Å². The van der Waals surface area contributed by atoms with Gasteiger partial charge in [0.25, 0.3) is 0 Å². The number of cyclic esters (lactones) is 1. The second-order valence-corrected chi connectivity index (χ2v) is 9.04. The van der Waals surface area contributed by atoms with Crippen molar-refractivity contribution in [1.29, 1.82) is 0 Å². The van der Waals surface area contributed by atoms with Gasteiger partial charge in [0, 0.05) is 17.7 Å². The van der Waals surface area contributed by atoms with Gasteiger partial charge in [-0.15, -0.1) is 10.2 Å². The van der Waals surface area contributed by atoms with Crippen molar-refractivity contribution < 1.29 is 9.53 Å². The minimum Gasteiger partial charge on any atom is -0.465 e. The quantitative estimate of drug-likeness (QED) is 0.605. The van der Waals surface area contributed by atoms with Gasteiger partial charge in [0.2, 0.25) is 0 Å². The summed E-state index contributed by atoms with van der Waals surface area (Å²) >= 11 is 1.42. The van der Waals surface area contributed by atoms with E-state index in [2.05, 4.69) is 55.2 Å². The molecule has 1 saturated heterocycles. The number of hydrogen-bond acceptors (Lipinski definition) is 5. The molecule has 0 radical (unpaired) electrons. The normalized spacial score (nSPS) is 17.0. The zero-order valence-corrected chi connectivity index (χ0v) is 17.1. The lowest BCUT2D eigenvalue weighted by molar-refractivity contribution is -0.137. The Morgan fingerprint density at radius 3 is 2.36 bits per heavy atom. The topological polar surface area (TPSA) is 57.0 Å². The highest BCUT2D eigenvalue weighted by atomic mass is 32.2. The molecule has 1 atom stereocenters. The molecule has 0 unspecified atom stereocenters. The van der Waals surface area contributed by atoms with Gasteiger partial charge in [-0.3, -0.25) is 9.36 Å². The van der Waals surface area contributed by atoms with Crippen molar-refractivity contribution in [1.82, 2.24) is 14.8 Å². The van der Waals surface area contributed by atoms with Crippen molar-refractivity contribution in [3.63, 3.8) is 0 Å². The van der Waals surface area contributed by atoms with Crippen LogP contribution in [-0.2, 0) is 14.9 Å². The van der Waals surface area contributed by atoms with Crippen LogP contribution in [-0.4, -0.2) is 32.6 Å². The summed E-state index contributed by atoms with van der Waals surface area (Å²) in [6.45, 7) is 7.06. The molecule has 0 spiro atoms. The zero-order chi connectivity index (χ0) is 19.7. The van der Waals surface area contributed by atoms with E-state index in [0.717, 1.165) is 17.1 Å². The van der Waals surface area contributed by atoms with E-state index in [0.29, 0.717) is 18.2 Å². The number of thioether (sulfide) groups is 1. The van der Waals surface area contributed by atoms with E-state index in [-0.39, 0.29) is 16.6 Å². The smallest absolute Gasteiger partial charge is 0.319 e. The number of esters is 1. The zero-order valence-electron chi connectivity index (χ0n) is 16.3. The average Bonchev–Trinajstić information content (AvgIpc) is 3.29. The van der Waals surface area contributed by atoms with Gasteiger partial charge in [-0.25, -0.2) is 0 Å². The fourth-order valence-corrected chi connectivity index (χ4v) is 4.19. The summed E-state index contributed by atoms with van der Waals surface area (Å²) in [5, 5.41) is 9.33. The molecule has 28 heavy (non-hydrogen) atoms. The maximum absolute atomic E-state index is 11.9. The molecule has 1 aliphatic rings. The monoisotopic (exact) mass is 393 g/mol. The molecule has 6 heteroatoms. The Hall–Kier alpha value is -2.60. The molecule has 2 heterocycles. The van der Waals surface area contributed by atoms with E-state index in [1.54, 1.807) is 0 Å². The highest BCUT2D eigenvalue weighted by molar-refractivity contribution is 8.00. The van der Waals surface area contributed by atoms with Crippen LogP contribution in [0.5, 0.6) is 0 Å². The fourth-order valence-electron chi connectivity index (χ4n) is 3.17. The van der Waals surface area contributed by atoms with E-state index >= 15 is 0 Å². The van der Waals surface area contributed by atoms with Crippen molar-refractivity contribution in [2.75, 3.05) is 6.61 Å². The number of hydrogen-bond donors (Lipinski definition) is 0. The minimum atomic E-state index is -0.234. The van der Waals surface area contributed by atoms with Crippen LogP contribution < -0.4 is 0 Å². The molecule has 2 aromatic carbocycles. The number of benzene rings is 2. The molecule has 5 nitrogen and oxygen atoms in total. The largest absolute Gasteiger partial charge is 0.465 e. The van der Waals surface area contributed by atoms with Crippen LogP contribution in [0.2, 0.25) is 0 Å². The molecule has 0 amide bonds. The first kappa shape index (κ1) is 18.7. The third-order valence-corrected chi connectivity index (χ3v) is 5.98. The van der Waals surface area contributed by atoms with Gasteiger partial charge in [-0.2, -0.15) is 0 Å². The van der Waals surface area contributed by atoms with Gasteiger partial charge in [0.1, 0.15) is 5.25 Å². The molecule has 1 aromatic heterocycles. The number of rotatable bonds is 4. The van der Waals surface area contributed by atoms with E-state index in [1.807, 2.05) is 34.9 Å². The second kappa shape index (κ2) is 7.43. The standard InChI is InChI=1S/C22H23N3O2S/c1-22(2,3)16-11-9-15(10-12-16)19-23-24-21(28-18-13-14-27-20(18)26)25(19)17-7-5-4-6-8-17/h4-12,18H,13-14H2,1-3H3/t18-/m1/s1. The van der Waals surface area contributed by atoms with Crippen molar-refractivity contribution in [3.05, 3.63) is 60.2 Å². The van der Waals surface area contributed by atoms with Gasteiger partial charge < -0.3 is 4.74 Å². The lowest BCUT2D eigenvalue weighted by Crippen LogP contribution is -2.11. The Morgan fingerprint density at radius 1 is 1.04 bits per heavy atom. The van der Waals surface area contributed by atoms with Crippen molar-refractivity contribution >= 4 is 17.7 Å². The Kier molecular flexibility index (Phi) is 4.98. The van der Waals surface area contributed by atoms with Gasteiger partial charge in [-0.05, 0) is 23.1 Å². The van der Waals surface area contributed by atoms with Gasteiger partial charge in [0.05, 0.1) is 6.61 Å². The predicted molar refractivity (Wildman–Crippen MR) is 111 cm³/mol.